The molecule has 21 heavy (non-hydrogen) atoms. The van der Waals surface area contributed by atoms with Crippen molar-refractivity contribution < 1.29 is 8.42 Å². The lowest BCUT2D eigenvalue weighted by Crippen LogP contribution is -2.33. The van der Waals surface area contributed by atoms with E-state index in [0.29, 0.717) is 19.5 Å². The maximum absolute atomic E-state index is 12.4. The fraction of sp³-hybridized carbons (Fsp3) is 0.429. The largest absolute Gasteiger partial charge is 0.349 e. The summed E-state index contributed by atoms with van der Waals surface area (Å²) in [5, 5.41) is 1.99. The SMILES string of the molecule is CCn1cc(S(=O)(=O)NC(C)Cc2cccs2)cc1CN. The highest BCUT2D eigenvalue weighted by atomic mass is 32.2. The second-order valence-corrected chi connectivity index (χ2v) is 7.71. The van der Waals surface area contributed by atoms with Gasteiger partial charge in [0.05, 0.1) is 4.90 Å². The first-order valence-electron chi connectivity index (χ1n) is 6.90. The zero-order valence-electron chi connectivity index (χ0n) is 12.2. The van der Waals surface area contributed by atoms with E-state index in [-0.39, 0.29) is 10.9 Å². The van der Waals surface area contributed by atoms with E-state index in [4.69, 9.17) is 5.73 Å². The predicted octanol–water partition coefficient (Wildman–Crippen LogP) is 1.94. The van der Waals surface area contributed by atoms with E-state index in [1.165, 1.54) is 4.88 Å². The minimum Gasteiger partial charge on any atom is -0.349 e. The Balaban J connectivity index is 2.12. The molecule has 0 bridgehead atoms. The molecule has 2 aromatic heterocycles. The zero-order chi connectivity index (χ0) is 15.5. The summed E-state index contributed by atoms with van der Waals surface area (Å²) in [4.78, 5) is 1.45. The van der Waals surface area contributed by atoms with E-state index in [1.54, 1.807) is 23.6 Å². The van der Waals surface area contributed by atoms with Crippen LogP contribution in [0.25, 0.3) is 0 Å². The number of sulfonamides is 1. The highest BCUT2D eigenvalue weighted by Crippen LogP contribution is 2.16. The third kappa shape index (κ3) is 3.94. The van der Waals surface area contributed by atoms with Crippen molar-refractivity contribution in [1.29, 1.82) is 0 Å². The molecule has 3 N–H and O–H groups in total. The standard InChI is InChI=1S/C14H21N3O2S2/c1-3-17-10-14(8-12(17)9-15)21(18,19)16-11(2)7-13-5-4-6-20-13/h4-6,8,10-11,16H,3,7,9,15H2,1-2H3. The fourth-order valence-electron chi connectivity index (χ4n) is 2.24. The topological polar surface area (TPSA) is 77.1 Å². The van der Waals surface area contributed by atoms with Gasteiger partial charge >= 0.3 is 0 Å². The van der Waals surface area contributed by atoms with Gasteiger partial charge < -0.3 is 10.3 Å². The smallest absolute Gasteiger partial charge is 0.242 e. The molecule has 1 atom stereocenters. The second-order valence-electron chi connectivity index (χ2n) is 4.96. The van der Waals surface area contributed by atoms with Crippen molar-refractivity contribution in [1.82, 2.24) is 9.29 Å². The molecule has 2 heterocycles. The Hall–Kier alpha value is -1.15. The van der Waals surface area contributed by atoms with Crippen molar-refractivity contribution in [3.63, 3.8) is 0 Å². The van der Waals surface area contributed by atoms with Crippen LogP contribution in [0.5, 0.6) is 0 Å². The average Bonchev–Trinajstić information content (AvgIpc) is 3.06. The molecule has 5 nitrogen and oxygen atoms in total. The van der Waals surface area contributed by atoms with Crippen LogP contribution in [0, 0.1) is 0 Å². The Kier molecular flexibility index (Phi) is 5.21. The van der Waals surface area contributed by atoms with Gasteiger partial charge in [0, 0.05) is 35.9 Å². The number of hydrogen-bond acceptors (Lipinski definition) is 4. The van der Waals surface area contributed by atoms with Gasteiger partial charge in [-0.05, 0) is 37.8 Å². The number of nitrogens with two attached hydrogens (primary N) is 1. The van der Waals surface area contributed by atoms with Gasteiger partial charge in [-0.15, -0.1) is 11.3 Å². The quantitative estimate of drug-likeness (QED) is 0.816. The molecule has 116 valence electrons. The normalized spacial score (nSPS) is 13.5. The molecular weight excluding hydrogens is 306 g/mol. The van der Waals surface area contributed by atoms with Crippen molar-refractivity contribution in [2.24, 2.45) is 5.73 Å². The first-order valence-corrected chi connectivity index (χ1v) is 9.26. The third-order valence-electron chi connectivity index (χ3n) is 3.26. The molecule has 2 rings (SSSR count). The van der Waals surface area contributed by atoms with Crippen LogP contribution >= 0.6 is 11.3 Å². The molecule has 2 aromatic rings. The van der Waals surface area contributed by atoms with Crippen molar-refractivity contribution in [3.05, 3.63) is 40.3 Å². The van der Waals surface area contributed by atoms with Gasteiger partial charge in [0.15, 0.2) is 0 Å². The Morgan fingerprint density at radius 3 is 2.76 bits per heavy atom. The lowest BCUT2D eigenvalue weighted by molar-refractivity contribution is 0.560. The van der Waals surface area contributed by atoms with Crippen LogP contribution in [-0.2, 0) is 29.5 Å². The van der Waals surface area contributed by atoms with E-state index < -0.39 is 10.0 Å². The molecule has 0 amide bonds. The van der Waals surface area contributed by atoms with Crippen LogP contribution in [0.4, 0.5) is 0 Å². The monoisotopic (exact) mass is 327 g/mol. The van der Waals surface area contributed by atoms with Crippen molar-refractivity contribution >= 4 is 21.4 Å². The lowest BCUT2D eigenvalue weighted by Gasteiger charge is -2.12. The van der Waals surface area contributed by atoms with Crippen LogP contribution in [0.2, 0.25) is 0 Å². The van der Waals surface area contributed by atoms with Gasteiger partial charge in [-0.2, -0.15) is 0 Å². The van der Waals surface area contributed by atoms with Crippen molar-refractivity contribution in [2.75, 3.05) is 0 Å². The maximum atomic E-state index is 12.4. The number of hydrogen-bond donors (Lipinski definition) is 2. The van der Waals surface area contributed by atoms with Crippen LogP contribution in [0.1, 0.15) is 24.4 Å². The van der Waals surface area contributed by atoms with Gasteiger partial charge in [-0.3, -0.25) is 0 Å². The number of rotatable bonds is 7. The Morgan fingerprint density at radius 2 is 2.24 bits per heavy atom. The Bertz CT molecular complexity index is 654. The highest BCUT2D eigenvalue weighted by molar-refractivity contribution is 7.89. The van der Waals surface area contributed by atoms with Gasteiger partial charge in [0.1, 0.15) is 0 Å². The number of aromatic nitrogens is 1. The van der Waals surface area contributed by atoms with Crippen LogP contribution in [0.3, 0.4) is 0 Å². The van der Waals surface area contributed by atoms with Crippen LogP contribution in [0.15, 0.2) is 34.7 Å². The molecular formula is C14H21N3O2S2. The molecule has 0 aliphatic rings. The van der Waals surface area contributed by atoms with E-state index in [2.05, 4.69) is 4.72 Å². The maximum Gasteiger partial charge on any atom is 0.242 e. The second kappa shape index (κ2) is 6.74. The fourth-order valence-corrected chi connectivity index (χ4v) is 4.39. The molecule has 0 radical (unpaired) electrons. The van der Waals surface area contributed by atoms with Crippen molar-refractivity contribution in [3.8, 4) is 0 Å². The molecule has 7 heteroatoms. The molecule has 0 saturated heterocycles. The molecule has 0 spiro atoms. The molecule has 0 saturated carbocycles. The van der Waals surface area contributed by atoms with E-state index in [0.717, 1.165) is 5.69 Å². The van der Waals surface area contributed by atoms with Crippen LogP contribution in [-0.4, -0.2) is 19.0 Å². The highest BCUT2D eigenvalue weighted by Gasteiger charge is 2.20. The van der Waals surface area contributed by atoms with Gasteiger partial charge in [0.25, 0.3) is 0 Å². The summed E-state index contributed by atoms with van der Waals surface area (Å²) in [6.07, 6.45) is 2.33. The van der Waals surface area contributed by atoms with Gasteiger partial charge in [-0.25, -0.2) is 13.1 Å². The summed E-state index contributed by atoms with van der Waals surface area (Å²) in [5.74, 6) is 0. The summed E-state index contributed by atoms with van der Waals surface area (Å²) in [6, 6.07) is 5.47. The zero-order valence-corrected chi connectivity index (χ0v) is 13.9. The van der Waals surface area contributed by atoms with E-state index in [9.17, 15) is 8.42 Å². The van der Waals surface area contributed by atoms with Crippen LogP contribution < -0.4 is 10.5 Å². The minimum absolute atomic E-state index is 0.153. The predicted molar refractivity (Wildman–Crippen MR) is 85.8 cm³/mol. The number of nitrogens with zero attached hydrogens (tertiary/aromatic N) is 1. The minimum atomic E-state index is -3.51. The average molecular weight is 327 g/mol. The summed E-state index contributed by atoms with van der Waals surface area (Å²) in [7, 11) is -3.51. The number of nitrogens with one attached hydrogen (secondary N) is 1. The van der Waals surface area contributed by atoms with Gasteiger partial charge in [0.2, 0.25) is 10.0 Å². The van der Waals surface area contributed by atoms with Crippen molar-refractivity contribution in [2.45, 2.75) is 44.3 Å². The Morgan fingerprint density at radius 1 is 1.48 bits per heavy atom. The summed E-state index contributed by atoms with van der Waals surface area (Å²) in [5.41, 5.74) is 6.46. The molecule has 0 aromatic carbocycles. The molecule has 0 aliphatic heterocycles. The first-order chi connectivity index (χ1) is 9.96. The third-order valence-corrected chi connectivity index (χ3v) is 5.72. The number of thiophene rings is 1. The first kappa shape index (κ1) is 16.2. The van der Waals surface area contributed by atoms with E-state index >= 15 is 0 Å². The Labute approximate surface area is 129 Å². The summed E-state index contributed by atoms with van der Waals surface area (Å²) < 4.78 is 29.4. The van der Waals surface area contributed by atoms with Gasteiger partial charge in [-0.1, -0.05) is 6.07 Å². The summed E-state index contributed by atoms with van der Waals surface area (Å²) in [6.45, 7) is 4.86. The lowest BCUT2D eigenvalue weighted by atomic mass is 10.2. The summed E-state index contributed by atoms with van der Waals surface area (Å²) >= 11 is 1.63. The van der Waals surface area contributed by atoms with E-state index in [1.807, 2.05) is 35.9 Å². The molecule has 1 unspecified atom stereocenters. The molecule has 0 fully saturated rings. The molecule has 0 aliphatic carbocycles. The number of aryl methyl sites for hydroxylation is 1.